The summed E-state index contributed by atoms with van der Waals surface area (Å²) in [6.07, 6.45) is 0. The second-order valence-corrected chi connectivity index (χ2v) is 5.96. The van der Waals surface area contributed by atoms with E-state index in [1.807, 2.05) is 41.0 Å². The Kier molecular flexibility index (Phi) is 4.10. The van der Waals surface area contributed by atoms with Crippen LogP contribution >= 0.6 is 0 Å². The van der Waals surface area contributed by atoms with Crippen LogP contribution in [0.5, 0.6) is 0 Å². The summed E-state index contributed by atoms with van der Waals surface area (Å²) in [5, 5.41) is 19.3. The molecule has 0 spiro atoms. The van der Waals surface area contributed by atoms with E-state index >= 15 is 0 Å². The maximum Gasteiger partial charge on any atom is 0.222 e. The van der Waals surface area contributed by atoms with E-state index in [0.717, 1.165) is 16.6 Å². The molecule has 27 heavy (non-hydrogen) atoms. The number of nitrogens with zero attached hydrogens (tertiary/aromatic N) is 5. The molecule has 0 saturated heterocycles. The van der Waals surface area contributed by atoms with Crippen molar-refractivity contribution >= 4 is 22.8 Å². The molecule has 0 bridgehead atoms. The van der Waals surface area contributed by atoms with Crippen LogP contribution < -0.4 is 5.32 Å². The molecule has 8 heteroatoms. The summed E-state index contributed by atoms with van der Waals surface area (Å²) in [5.74, 6) is 0.478. The highest BCUT2D eigenvalue weighted by Crippen LogP contribution is 2.28. The Morgan fingerprint density at radius 2 is 1.96 bits per heavy atom. The monoisotopic (exact) mass is 358 g/mol. The Morgan fingerprint density at radius 3 is 2.70 bits per heavy atom. The lowest BCUT2D eigenvalue weighted by Gasteiger charge is -2.09. The van der Waals surface area contributed by atoms with Gasteiger partial charge in [0, 0.05) is 13.5 Å². The van der Waals surface area contributed by atoms with Crippen LogP contribution in [0.2, 0.25) is 0 Å². The third kappa shape index (κ3) is 3.14. The van der Waals surface area contributed by atoms with Crippen LogP contribution in [0, 0.1) is 11.3 Å². The number of rotatable bonds is 4. The summed E-state index contributed by atoms with van der Waals surface area (Å²) < 4.78 is 6.80. The largest absolute Gasteiger partial charge is 0.318 e. The molecule has 0 unspecified atom stereocenters. The van der Waals surface area contributed by atoms with Crippen molar-refractivity contribution in [3.8, 4) is 17.6 Å². The van der Waals surface area contributed by atoms with E-state index in [2.05, 4.69) is 26.7 Å². The average molecular weight is 358 g/mol. The standard InChI is InChI=1S/C19H14N6O2/c1-12(26)21-18-17(23-27-24-18)19-22-15-4-2-3-5-16(15)25(19)11-14-8-6-13(10-20)7-9-14/h2-9H,11H2,1H3,(H,21,24,26). The predicted molar refractivity (Wildman–Crippen MR) is 97.6 cm³/mol. The van der Waals surface area contributed by atoms with Crippen molar-refractivity contribution in [3.05, 3.63) is 59.7 Å². The maximum atomic E-state index is 11.4. The first-order valence-electron chi connectivity index (χ1n) is 8.20. The van der Waals surface area contributed by atoms with Gasteiger partial charge in [-0.2, -0.15) is 5.26 Å². The molecule has 8 nitrogen and oxygen atoms in total. The van der Waals surface area contributed by atoms with Crippen LogP contribution in [0.25, 0.3) is 22.6 Å². The zero-order chi connectivity index (χ0) is 18.8. The first-order valence-corrected chi connectivity index (χ1v) is 8.20. The van der Waals surface area contributed by atoms with Gasteiger partial charge in [-0.1, -0.05) is 24.3 Å². The highest BCUT2D eigenvalue weighted by atomic mass is 16.6. The van der Waals surface area contributed by atoms with E-state index in [9.17, 15) is 4.79 Å². The number of para-hydroxylation sites is 2. The molecular formula is C19H14N6O2. The number of aromatic nitrogens is 4. The summed E-state index contributed by atoms with van der Waals surface area (Å²) in [4.78, 5) is 16.1. The lowest BCUT2D eigenvalue weighted by Crippen LogP contribution is -2.09. The van der Waals surface area contributed by atoms with Crippen LogP contribution in [0.4, 0.5) is 5.82 Å². The lowest BCUT2D eigenvalue weighted by atomic mass is 10.1. The number of imidazole rings is 1. The zero-order valence-electron chi connectivity index (χ0n) is 14.4. The Balaban J connectivity index is 1.84. The van der Waals surface area contributed by atoms with Gasteiger partial charge in [-0.25, -0.2) is 9.61 Å². The van der Waals surface area contributed by atoms with Crippen molar-refractivity contribution in [2.24, 2.45) is 0 Å². The number of carbonyl (C=O) groups excluding carboxylic acids is 1. The molecule has 0 radical (unpaired) electrons. The minimum atomic E-state index is -0.276. The summed E-state index contributed by atoms with van der Waals surface area (Å²) in [7, 11) is 0. The molecule has 132 valence electrons. The van der Waals surface area contributed by atoms with Crippen molar-refractivity contribution in [2.45, 2.75) is 13.5 Å². The van der Waals surface area contributed by atoms with Gasteiger partial charge in [0.15, 0.2) is 11.5 Å². The highest BCUT2D eigenvalue weighted by Gasteiger charge is 2.21. The number of hydrogen-bond acceptors (Lipinski definition) is 6. The van der Waals surface area contributed by atoms with Crippen LogP contribution in [-0.4, -0.2) is 25.8 Å². The molecule has 0 aliphatic rings. The number of nitriles is 1. The summed E-state index contributed by atoms with van der Waals surface area (Å²) in [5.41, 5.74) is 3.65. The maximum absolute atomic E-state index is 11.4. The number of nitrogens with one attached hydrogen (secondary N) is 1. The quantitative estimate of drug-likeness (QED) is 0.600. The number of carbonyl (C=O) groups is 1. The Hall–Kier alpha value is -3.99. The Morgan fingerprint density at radius 1 is 1.19 bits per heavy atom. The van der Waals surface area contributed by atoms with Crippen LogP contribution in [0.15, 0.2) is 53.2 Å². The molecule has 0 fully saturated rings. The van der Waals surface area contributed by atoms with Gasteiger partial charge in [0.05, 0.1) is 22.7 Å². The summed E-state index contributed by atoms with van der Waals surface area (Å²) in [6, 6.07) is 17.1. The van der Waals surface area contributed by atoms with E-state index in [4.69, 9.17) is 9.89 Å². The van der Waals surface area contributed by atoms with Gasteiger partial charge in [0.1, 0.15) is 0 Å². The van der Waals surface area contributed by atoms with E-state index in [-0.39, 0.29) is 11.7 Å². The molecule has 0 aliphatic heterocycles. The van der Waals surface area contributed by atoms with E-state index in [1.54, 1.807) is 12.1 Å². The van der Waals surface area contributed by atoms with Gasteiger partial charge in [0.2, 0.25) is 11.7 Å². The van der Waals surface area contributed by atoms with Crippen molar-refractivity contribution in [1.82, 2.24) is 19.9 Å². The van der Waals surface area contributed by atoms with Crippen molar-refractivity contribution in [3.63, 3.8) is 0 Å². The van der Waals surface area contributed by atoms with Gasteiger partial charge < -0.3 is 9.88 Å². The molecular weight excluding hydrogens is 344 g/mol. The molecule has 2 aromatic carbocycles. The Labute approximate surface area is 154 Å². The molecule has 0 aliphatic carbocycles. The molecule has 2 heterocycles. The number of benzene rings is 2. The predicted octanol–water partition coefficient (Wildman–Crippen LogP) is 2.96. The fourth-order valence-corrected chi connectivity index (χ4v) is 2.87. The lowest BCUT2D eigenvalue weighted by molar-refractivity contribution is -0.114. The summed E-state index contributed by atoms with van der Waals surface area (Å²) >= 11 is 0. The first kappa shape index (κ1) is 16.5. The fourth-order valence-electron chi connectivity index (χ4n) is 2.87. The summed E-state index contributed by atoms with van der Waals surface area (Å²) in [6.45, 7) is 1.89. The second kappa shape index (κ2) is 6.72. The SMILES string of the molecule is CC(=O)Nc1nonc1-c1nc2ccccc2n1Cc1ccc(C#N)cc1. The highest BCUT2D eigenvalue weighted by molar-refractivity contribution is 5.91. The smallest absolute Gasteiger partial charge is 0.222 e. The third-order valence-electron chi connectivity index (χ3n) is 4.07. The van der Waals surface area contributed by atoms with Crippen LogP contribution in [0.1, 0.15) is 18.1 Å². The van der Waals surface area contributed by atoms with Crippen LogP contribution in [0.3, 0.4) is 0 Å². The minimum Gasteiger partial charge on any atom is -0.318 e. The molecule has 0 atom stereocenters. The average Bonchev–Trinajstić information content (AvgIpc) is 3.26. The topological polar surface area (TPSA) is 110 Å². The van der Waals surface area contributed by atoms with Gasteiger partial charge in [-0.15, -0.1) is 0 Å². The van der Waals surface area contributed by atoms with E-state index in [1.165, 1.54) is 6.92 Å². The third-order valence-corrected chi connectivity index (χ3v) is 4.07. The van der Waals surface area contributed by atoms with Gasteiger partial charge in [-0.3, -0.25) is 4.79 Å². The van der Waals surface area contributed by atoms with Gasteiger partial charge in [0.25, 0.3) is 0 Å². The second-order valence-electron chi connectivity index (χ2n) is 5.96. The van der Waals surface area contributed by atoms with E-state index in [0.29, 0.717) is 23.6 Å². The van der Waals surface area contributed by atoms with Crippen LogP contribution in [-0.2, 0) is 11.3 Å². The first-order chi connectivity index (χ1) is 13.2. The zero-order valence-corrected chi connectivity index (χ0v) is 14.4. The molecule has 1 amide bonds. The Bertz CT molecular complexity index is 1170. The van der Waals surface area contributed by atoms with Crippen molar-refractivity contribution in [2.75, 3.05) is 5.32 Å². The van der Waals surface area contributed by atoms with Gasteiger partial charge >= 0.3 is 0 Å². The van der Waals surface area contributed by atoms with E-state index < -0.39 is 0 Å². The number of hydrogen-bond donors (Lipinski definition) is 1. The molecule has 4 aromatic rings. The molecule has 2 aromatic heterocycles. The van der Waals surface area contributed by atoms with Crippen molar-refractivity contribution < 1.29 is 9.42 Å². The molecule has 1 N–H and O–H groups in total. The molecule has 4 rings (SSSR count). The van der Waals surface area contributed by atoms with Gasteiger partial charge in [-0.05, 0) is 40.1 Å². The number of anilines is 1. The normalized spacial score (nSPS) is 10.7. The number of amides is 1. The van der Waals surface area contributed by atoms with Crippen molar-refractivity contribution in [1.29, 1.82) is 5.26 Å². The minimum absolute atomic E-state index is 0.221. The molecule has 0 saturated carbocycles. The number of fused-ring (bicyclic) bond motifs is 1. The fraction of sp³-hybridized carbons (Fsp3) is 0.105.